The molecule has 118 valence electrons. The molecule has 0 radical (unpaired) electrons. The molecule has 1 aliphatic heterocycles. The van der Waals surface area contributed by atoms with Crippen LogP contribution in [0.1, 0.15) is 47.5 Å². The van der Waals surface area contributed by atoms with Gasteiger partial charge in [-0.05, 0) is 39.5 Å². The van der Waals surface area contributed by atoms with Gasteiger partial charge in [0.15, 0.2) is 0 Å². The molecule has 0 aliphatic carbocycles. The van der Waals surface area contributed by atoms with E-state index in [1.54, 1.807) is 4.90 Å². The maximum absolute atomic E-state index is 12.0. The molecular weight excluding hydrogens is 369 g/mol. The fourth-order valence-corrected chi connectivity index (χ4v) is 3.07. The molecule has 1 rings (SSSR count). The Morgan fingerprint density at radius 3 is 2.25 bits per heavy atom. The van der Waals surface area contributed by atoms with E-state index < -0.39 is 5.60 Å². The summed E-state index contributed by atoms with van der Waals surface area (Å²) in [4.78, 5) is 13.8. The van der Waals surface area contributed by atoms with Crippen LogP contribution >= 0.6 is 22.6 Å². The number of hydrogen-bond donors (Lipinski definition) is 0. The van der Waals surface area contributed by atoms with E-state index in [2.05, 4.69) is 36.4 Å². The number of hydrogen-bond acceptors (Lipinski definition) is 3. The van der Waals surface area contributed by atoms with E-state index in [0.717, 1.165) is 37.0 Å². The molecule has 0 saturated carbocycles. The van der Waals surface area contributed by atoms with Crippen molar-refractivity contribution in [2.24, 2.45) is 5.92 Å². The molecule has 20 heavy (non-hydrogen) atoms. The third-order valence-electron chi connectivity index (χ3n) is 3.29. The second kappa shape index (κ2) is 7.29. The third kappa shape index (κ3) is 5.76. The monoisotopic (exact) mass is 397 g/mol. The van der Waals surface area contributed by atoms with Crippen LogP contribution in [0.25, 0.3) is 0 Å². The number of rotatable bonds is 4. The summed E-state index contributed by atoms with van der Waals surface area (Å²) in [6.07, 6.45) is 1.58. The van der Waals surface area contributed by atoms with Gasteiger partial charge in [-0.25, -0.2) is 4.79 Å². The highest BCUT2D eigenvalue weighted by Gasteiger charge is 2.37. The van der Waals surface area contributed by atoms with Gasteiger partial charge in [0.2, 0.25) is 0 Å². The van der Waals surface area contributed by atoms with Gasteiger partial charge in [-0.3, -0.25) is 0 Å². The van der Waals surface area contributed by atoms with Crippen molar-refractivity contribution in [1.29, 1.82) is 0 Å². The lowest BCUT2D eigenvalue weighted by molar-refractivity contribution is -0.0757. The summed E-state index contributed by atoms with van der Waals surface area (Å²) < 4.78 is 12.5. The zero-order valence-corrected chi connectivity index (χ0v) is 15.5. The Morgan fingerprint density at radius 1 is 1.30 bits per heavy atom. The quantitative estimate of drug-likeness (QED) is 0.534. The summed E-state index contributed by atoms with van der Waals surface area (Å²) >= 11 is 2.39. The predicted octanol–water partition coefficient (Wildman–Crippen LogP) is 3.86. The molecule has 5 heteroatoms. The number of likely N-dealkylation sites (tertiary alicyclic amines) is 1. The summed E-state index contributed by atoms with van der Waals surface area (Å²) in [6, 6.07) is 0. The van der Waals surface area contributed by atoms with E-state index in [9.17, 15) is 4.79 Å². The van der Waals surface area contributed by atoms with Gasteiger partial charge in [-0.2, -0.15) is 0 Å². The van der Waals surface area contributed by atoms with E-state index in [-0.39, 0.29) is 11.7 Å². The fourth-order valence-electron chi connectivity index (χ4n) is 2.08. The van der Waals surface area contributed by atoms with Crippen LogP contribution in [0.5, 0.6) is 0 Å². The standard InChI is InChI=1S/C15H28INO3/c1-12(2)10-19-15(11-16)6-8-17(9-7-15)13(18)20-14(3,4)5/h12H,6-11H2,1-5H3. The number of amides is 1. The number of carbonyl (C=O) groups excluding carboxylic acids is 1. The highest BCUT2D eigenvalue weighted by Crippen LogP contribution is 2.30. The first kappa shape index (κ1) is 18.0. The minimum atomic E-state index is -0.428. The molecule has 0 aromatic rings. The zero-order valence-electron chi connectivity index (χ0n) is 13.4. The highest BCUT2D eigenvalue weighted by atomic mass is 127. The first-order chi connectivity index (χ1) is 9.17. The van der Waals surface area contributed by atoms with E-state index in [0.29, 0.717) is 5.92 Å². The molecule has 1 fully saturated rings. The van der Waals surface area contributed by atoms with Crippen LogP contribution in [0.15, 0.2) is 0 Å². The molecule has 0 bridgehead atoms. The molecule has 1 aliphatic rings. The van der Waals surface area contributed by atoms with Gasteiger partial charge in [0.25, 0.3) is 0 Å². The molecule has 0 atom stereocenters. The molecule has 1 heterocycles. The van der Waals surface area contributed by atoms with Gasteiger partial charge in [0, 0.05) is 24.1 Å². The van der Waals surface area contributed by atoms with E-state index in [1.807, 2.05) is 20.8 Å². The Labute approximate surface area is 136 Å². The molecule has 0 aromatic carbocycles. The van der Waals surface area contributed by atoms with Gasteiger partial charge < -0.3 is 14.4 Å². The summed E-state index contributed by atoms with van der Waals surface area (Å²) in [6.45, 7) is 12.2. The largest absolute Gasteiger partial charge is 0.444 e. The van der Waals surface area contributed by atoms with Crippen molar-refractivity contribution in [3.05, 3.63) is 0 Å². The van der Waals surface area contributed by atoms with Crippen molar-refractivity contribution in [2.45, 2.75) is 58.7 Å². The molecule has 4 nitrogen and oxygen atoms in total. The summed E-state index contributed by atoms with van der Waals surface area (Å²) in [5.41, 5.74) is -0.494. The summed E-state index contributed by atoms with van der Waals surface area (Å²) in [7, 11) is 0. The SMILES string of the molecule is CC(C)COC1(CI)CCN(C(=O)OC(C)(C)C)CC1. The number of alkyl halides is 1. The molecule has 0 spiro atoms. The molecule has 1 amide bonds. The van der Waals surface area contributed by atoms with Crippen molar-refractivity contribution in [2.75, 3.05) is 24.1 Å². The average Bonchev–Trinajstić information content (AvgIpc) is 2.35. The molecule has 0 N–H and O–H groups in total. The van der Waals surface area contributed by atoms with Crippen molar-refractivity contribution in [1.82, 2.24) is 4.90 Å². The van der Waals surface area contributed by atoms with Crippen molar-refractivity contribution in [3.8, 4) is 0 Å². The Hall–Kier alpha value is -0.0400. The molecule has 0 unspecified atom stereocenters. The Morgan fingerprint density at radius 2 is 1.85 bits per heavy atom. The van der Waals surface area contributed by atoms with Crippen LogP contribution in [-0.2, 0) is 9.47 Å². The van der Waals surface area contributed by atoms with Crippen LogP contribution in [0, 0.1) is 5.92 Å². The topological polar surface area (TPSA) is 38.8 Å². The Kier molecular flexibility index (Phi) is 6.57. The van der Waals surface area contributed by atoms with Crippen LogP contribution in [0.3, 0.4) is 0 Å². The van der Waals surface area contributed by atoms with Gasteiger partial charge >= 0.3 is 6.09 Å². The second-order valence-corrected chi connectivity index (χ2v) is 7.75. The van der Waals surface area contributed by atoms with Crippen LogP contribution in [0.4, 0.5) is 4.79 Å². The van der Waals surface area contributed by atoms with Gasteiger partial charge in [0.05, 0.1) is 5.60 Å². The molecule has 0 aromatic heterocycles. The maximum Gasteiger partial charge on any atom is 0.410 e. The van der Waals surface area contributed by atoms with E-state index in [1.165, 1.54) is 0 Å². The van der Waals surface area contributed by atoms with Gasteiger partial charge in [-0.1, -0.05) is 36.4 Å². The second-order valence-electron chi connectivity index (χ2n) is 6.99. The minimum absolute atomic E-state index is 0.0661. The predicted molar refractivity (Wildman–Crippen MR) is 89.4 cm³/mol. The van der Waals surface area contributed by atoms with Crippen LogP contribution in [0.2, 0.25) is 0 Å². The van der Waals surface area contributed by atoms with Crippen molar-refractivity contribution in [3.63, 3.8) is 0 Å². The van der Waals surface area contributed by atoms with E-state index in [4.69, 9.17) is 9.47 Å². The maximum atomic E-state index is 12.0. The first-order valence-corrected chi connectivity index (χ1v) is 8.88. The Balaban J connectivity index is 2.50. The number of halogens is 1. The summed E-state index contributed by atoms with van der Waals surface area (Å²) in [5, 5.41) is 0. The zero-order chi connectivity index (χ0) is 15.4. The Bertz CT molecular complexity index is 318. The number of nitrogens with zero attached hydrogens (tertiary/aromatic N) is 1. The number of ether oxygens (including phenoxy) is 2. The molecular formula is C15H28INO3. The molecule has 1 saturated heterocycles. The van der Waals surface area contributed by atoms with Gasteiger partial charge in [-0.15, -0.1) is 0 Å². The lowest BCUT2D eigenvalue weighted by Crippen LogP contribution is -2.50. The fraction of sp³-hybridized carbons (Fsp3) is 0.933. The lowest BCUT2D eigenvalue weighted by Gasteiger charge is -2.41. The smallest absolute Gasteiger partial charge is 0.410 e. The lowest BCUT2D eigenvalue weighted by atomic mass is 9.93. The normalized spacial score (nSPS) is 19.2. The number of carbonyl (C=O) groups is 1. The van der Waals surface area contributed by atoms with Crippen molar-refractivity contribution >= 4 is 28.7 Å². The first-order valence-electron chi connectivity index (χ1n) is 7.35. The van der Waals surface area contributed by atoms with Crippen LogP contribution in [-0.4, -0.2) is 46.3 Å². The van der Waals surface area contributed by atoms with Gasteiger partial charge in [0.1, 0.15) is 5.60 Å². The minimum Gasteiger partial charge on any atom is -0.444 e. The summed E-state index contributed by atoms with van der Waals surface area (Å²) in [5.74, 6) is 0.540. The number of piperidine rings is 1. The average molecular weight is 397 g/mol. The highest BCUT2D eigenvalue weighted by molar-refractivity contribution is 14.1. The van der Waals surface area contributed by atoms with Crippen molar-refractivity contribution < 1.29 is 14.3 Å². The van der Waals surface area contributed by atoms with E-state index >= 15 is 0 Å². The third-order valence-corrected chi connectivity index (χ3v) is 4.68. The van der Waals surface area contributed by atoms with Crippen LogP contribution < -0.4 is 0 Å².